The van der Waals surface area contributed by atoms with E-state index in [4.69, 9.17) is 32.6 Å². The molecule has 0 bridgehead atoms. The first kappa shape index (κ1) is 48.4. The summed E-state index contributed by atoms with van der Waals surface area (Å²) in [5.41, 5.74) is 5.05. The molecule has 1 aliphatic carbocycles. The predicted molar refractivity (Wildman–Crippen MR) is 102 cm³/mol. The van der Waals surface area contributed by atoms with E-state index in [1.165, 1.54) is 44.3 Å². The summed E-state index contributed by atoms with van der Waals surface area (Å²) in [5.74, 6) is 1.30. The number of hydrogen-bond donors (Lipinski definition) is 0. The van der Waals surface area contributed by atoms with Crippen molar-refractivity contribution in [1.82, 2.24) is 0 Å². The Morgan fingerprint density at radius 2 is 1.09 bits per heavy atom. The van der Waals surface area contributed by atoms with Crippen molar-refractivity contribution < 1.29 is 66.2 Å². The number of ether oxygens (including phenoxy) is 1. The van der Waals surface area contributed by atoms with E-state index in [1.807, 2.05) is 0 Å². The second kappa shape index (κ2) is 40.3. The Morgan fingerprint density at radius 1 is 0.688 bits per heavy atom. The molecular weight excluding hydrogens is 522 g/mol. The quantitative estimate of drug-likeness (QED) is 0.279. The van der Waals surface area contributed by atoms with Crippen LogP contribution in [-0.4, -0.2) is 14.2 Å². The minimum absolute atomic E-state index is 0. The van der Waals surface area contributed by atoms with E-state index in [1.54, 1.807) is 5.57 Å². The first-order chi connectivity index (χ1) is 14.5. The molecule has 7 nitrogen and oxygen atoms in total. The SMILES string of the molecule is C[Si](C)(C)[C]=[C][C@H]1CCCC(=C2CCCCC2)O1.[C-]#[O+].[C-]#[O+].[C-]#[O+].[C-]#[O+].[C-]#[O+].[C-]#[O+].[Co].[Co]. The molecule has 32 heavy (non-hydrogen) atoms. The van der Waals surface area contributed by atoms with Crippen LogP contribution in [0.15, 0.2) is 11.3 Å². The summed E-state index contributed by atoms with van der Waals surface area (Å²) >= 11 is 0. The van der Waals surface area contributed by atoms with E-state index in [0.717, 1.165) is 12.8 Å². The third-order valence-electron chi connectivity index (χ3n) is 3.61. The van der Waals surface area contributed by atoms with Gasteiger partial charge in [-0.25, -0.2) is 0 Å². The summed E-state index contributed by atoms with van der Waals surface area (Å²) in [6.45, 7) is 33.9. The molecule has 0 aromatic heterocycles. The molecule has 0 amide bonds. The van der Waals surface area contributed by atoms with Gasteiger partial charge in [-0.1, -0.05) is 31.8 Å². The molecule has 1 saturated heterocycles. The fourth-order valence-corrected chi connectivity index (χ4v) is 3.25. The van der Waals surface area contributed by atoms with Crippen molar-refractivity contribution in [3.8, 4) is 0 Å². The van der Waals surface area contributed by atoms with Crippen LogP contribution in [0.3, 0.4) is 0 Å². The maximum atomic E-state index is 7.50. The van der Waals surface area contributed by atoms with E-state index < -0.39 is 8.07 Å². The van der Waals surface area contributed by atoms with Gasteiger partial charge < -0.3 is 4.74 Å². The summed E-state index contributed by atoms with van der Waals surface area (Å²) in [7, 11) is -1.26. The van der Waals surface area contributed by atoms with Crippen LogP contribution in [-0.2, 0) is 66.2 Å². The van der Waals surface area contributed by atoms with Crippen LogP contribution in [0.1, 0.15) is 51.4 Å². The van der Waals surface area contributed by atoms with Crippen LogP contribution in [0.25, 0.3) is 0 Å². The van der Waals surface area contributed by atoms with Gasteiger partial charge in [-0.3, -0.25) is 0 Å². The van der Waals surface area contributed by atoms with Crippen molar-refractivity contribution in [3.63, 3.8) is 0 Å². The van der Waals surface area contributed by atoms with Gasteiger partial charge in [-0.2, -0.15) is 0 Å². The second-order valence-electron chi connectivity index (χ2n) is 6.61. The predicted octanol–water partition coefficient (Wildman–Crippen LogP) is 4.58. The molecule has 10 heteroatoms. The van der Waals surface area contributed by atoms with E-state index in [0.29, 0.717) is 0 Å². The van der Waals surface area contributed by atoms with Crippen LogP contribution < -0.4 is 0 Å². The van der Waals surface area contributed by atoms with Gasteiger partial charge in [0, 0.05) is 40.0 Å². The van der Waals surface area contributed by atoms with Crippen molar-refractivity contribution in [3.05, 3.63) is 63.0 Å². The molecule has 4 radical (unpaired) electrons. The Hall–Kier alpha value is -1.05. The summed E-state index contributed by atoms with van der Waals surface area (Å²) < 4.78 is 51.1. The Kier molecular flexibility index (Phi) is 61.0. The largest absolute Gasteiger partial charge is 0 e. The van der Waals surface area contributed by atoms with Gasteiger partial charge in [0.05, 0.1) is 13.8 Å². The molecule has 0 spiro atoms. The smallest absolute Gasteiger partial charge is 0 e. The van der Waals surface area contributed by atoms with E-state index >= 15 is 0 Å². The van der Waals surface area contributed by atoms with Crippen LogP contribution >= 0.6 is 0 Å². The zero-order valence-corrected chi connectivity index (χ0v) is 21.3. The van der Waals surface area contributed by atoms with E-state index in [-0.39, 0.29) is 39.7 Å². The Bertz CT molecular complexity index is 529. The summed E-state index contributed by atoms with van der Waals surface area (Å²) in [4.78, 5) is 0. The number of allylic oxidation sites excluding steroid dienone is 2. The van der Waals surface area contributed by atoms with Crippen molar-refractivity contribution >= 4 is 8.07 Å². The van der Waals surface area contributed by atoms with Crippen molar-refractivity contribution in [2.45, 2.75) is 77.1 Å². The van der Waals surface area contributed by atoms with Gasteiger partial charge in [0.2, 0.25) is 0 Å². The first-order valence-corrected chi connectivity index (χ1v) is 12.2. The van der Waals surface area contributed by atoms with Crippen molar-refractivity contribution in [2.75, 3.05) is 0 Å². The Balaban J connectivity index is -0.0000000779. The molecule has 2 fully saturated rings. The molecule has 0 unspecified atom stereocenters. The second-order valence-corrected chi connectivity index (χ2v) is 11.4. The maximum absolute atomic E-state index is 7.50. The van der Waals surface area contributed by atoms with Gasteiger partial charge in [-0.15, -0.1) is 0 Å². The van der Waals surface area contributed by atoms with Crippen LogP contribution in [0.2, 0.25) is 19.6 Å². The molecule has 1 heterocycles. The third-order valence-corrected chi connectivity index (χ3v) is 4.51. The Labute approximate surface area is 213 Å². The fraction of sp³-hybridized carbons (Fsp3) is 0.545. The number of rotatable bonds is 2. The molecule has 2 rings (SSSR count). The maximum Gasteiger partial charge on any atom is 0 e. The summed E-state index contributed by atoms with van der Waals surface area (Å²) in [5, 5.41) is 0. The van der Waals surface area contributed by atoms with Crippen LogP contribution in [0, 0.1) is 51.7 Å². The van der Waals surface area contributed by atoms with Gasteiger partial charge in [0.1, 0.15) is 6.10 Å². The first-order valence-electron chi connectivity index (χ1n) is 8.67. The monoisotopic (exact) mass is 548 g/mol. The Morgan fingerprint density at radius 3 is 1.47 bits per heavy atom. The van der Waals surface area contributed by atoms with Gasteiger partial charge in [0.25, 0.3) is 0 Å². The third kappa shape index (κ3) is 31.1. The average Bonchev–Trinajstić information content (AvgIpc) is 2.86. The van der Waals surface area contributed by atoms with Crippen LogP contribution in [0.4, 0.5) is 0 Å². The van der Waals surface area contributed by atoms with E-state index in [2.05, 4.69) is 71.3 Å². The molecule has 0 aromatic rings. The molecule has 178 valence electrons. The van der Waals surface area contributed by atoms with Gasteiger partial charge in [-0.05, 0) is 50.2 Å². The molecular formula is C22H26Co2O7Si. The molecule has 0 N–H and O–H groups in total. The molecule has 2 aliphatic rings. The summed E-state index contributed by atoms with van der Waals surface area (Å²) in [6, 6.07) is 0. The van der Waals surface area contributed by atoms with Gasteiger partial charge in [0.15, 0.2) is 0 Å². The minimum Gasteiger partial charge on any atom is 0 e. The zero-order chi connectivity index (χ0) is 25.0. The van der Waals surface area contributed by atoms with Gasteiger partial charge >= 0.3 is 67.8 Å². The van der Waals surface area contributed by atoms with E-state index in [9.17, 15) is 0 Å². The normalized spacial score (nSPS) is 15.3. The molecule has 1 aliphatic heterocycles. The molecule has 1 atom stereocenters. The van der Waals surface area contributed by atoms with Crippen molar-refractivity contribution in [1.29, 1.82) is 0 Å². The number of hydrogen-bond acceptors (Lipinski definition) is 1. The molecule has 1 saturated carbocycles. The van der Waals surface area contributed by atoms with Crippen molar-refractivity contribution in [2.24, 2.45) is 0 Å². The zero-order valence-electron chi connectivity index (χ0n) is 18.3. The van der Waals surface area contributed by atoms with Crippen LogP contribution in [0.5, 0.6) is 0 Å². The topological polar surface area (TPSA) is 129 Å². The standard InChI is InChI=1S/C16H26OSi.6CO.2Co/c1-18(2,3)13-12-15-10-7-11-16(17-15)14-8-5-4-6-9-14;6*1-2;;/h15H,4-11H2,1-3H3;;;;;;;;/t15-;;;;;;;;/m1......../s1. The molecule has 0 aromatic carbocycles. The fourth-order valence-electron chi connectivity index (χ4n) is 2.65. The average molecular weight is 548 g/mol. The minimum atomic E-state index is -1.26. The summed E-state index contributed by atoms with van der Waals surface area (Å²) in [6.07, 6.45) is 13.7.